The van der Waals surface area contributed by atoms with Gasteiger partial charge in [-0.15, -0.1) is 0 Å². The first kappa shape index (κ1) is 21.7. The summed E-state index contributed by atoms with van der Waals surface area (Å²) in [5.41, 5.74) is 6.60. The average molecular weight is 455 g/mol. The van der Waals surface area contributed by atoms with Crippen LogP contribution < -0.4 is 20.9 Å². The molecule has 7 heteroatoms. The zero-order chi connectivity index (χ0) is 21.8. The van der Waals surface area contributed by atoms with Crippen LogP contribution in [0.5, 0.6) is 0 Å². The fraction of sp³-hybridized carbons (Fsp3) is 0.333. The van der Waals surface area contributed by atoms with Gasteiger partial charge in [0, 0.05) is 36.2 Å². The van der Waals surface area contributed by atoms with Gasteiger partial charge in [0.25, 0.3) is 0 Å². The number of halogens is 1. The van der Waals surface area contributed by atoms with Crippen LogP contribution in [0.4, 0.5) is 22.7 Å². The molecule has 1 aliphatic heterocycles. The molecule has 0 saturated heterocycles. The van der Waals surface area contributed by atoms with E-state index < -0.39 is 0 Å². The first-order valence-electron chi connectivity index (χ1n) is 10.7. The topological polar surface area (TPSA) is 56.4 Å². The number of anilines is 4. The van der Waals surface area contributed by atoms with Crippen LogP contribution in [0, 0.1) is 0 Å². The molecule has 0 bridgehead atoms. The number of amides is 1. The fourth-order valence-electron chi connectivity index (χ4n) is 4.34. The Morgan fingerprint density at radius 3 is 2.23 bits per heavy atom. The molecule has 0 unspecified atom stereocenters. The van der Waals surface area contributed by atoms with Crippen LogP contribution in [0.2, 0.25) is 5.02 Å². The summed E-state index contributed by atoms with van der Waals surface area (Å²) in [6.45, 7) is 2.51. The lowest BCUT2D eigenvalue weighted by Gasteiger charge is -2.37. The number of benzene rings is 2. The van der Waals surface area contributed by atoms with Crippen molar-refractivity contribution in [2.45, 2.75) is 45.4 Å². The van der Waals surface area contributed by atoms with Crippen molar-refractivity contribution in [1.82, 2.24) is 0 Å². The molecule has 3 N–H and O–H groups in total. The van der Waals surface area contributed by atoms with E-state index in [1.54, 1.807) is 5.57 Å². The molecule has 0 aromatic heterocycles. The lowest BCUT2D eigenvalue weighted by molar-refractivity contribution is -0.114. The smallest absolute Gasteiger partial charge is 0.221 e. The molecule has 5 nitrogen and oxygen atoms in total. The summed E-state index contributed by atoms with van der Waals surface area (Å²) in [5, 5.41) is 10.3. The number of allylic oxidation sites excluding steroid dienone is 2. The monoisotopic (exact) mass is 454 g/mol. The second-order valence-electron chi connectivity index (χ2n) is 8.02. The van der Waals surface area contributed by atoms with Crippen LogP contribution >= 0.6 is 23.8 Å². The number of nitrogens with zero attached hydrogens (tertiary/aromatic N) is 1. The normalized spacial score (nSPS) is 15.9. The van der Waals surface area contributed by atoms with Crippen LogP contribution in [0.25, 0.3) is 0 Å². The molecular weight excluding hydrogens is 428 g/mol. The summed E-state index contributed by atoms with van der Waals surface area (Å²) in [7, 11) is 0. The molecule has 0 spiro atoms. The lowest BCUT2D eigenvalue weighted by Crippen LogP contribution is -2.30. The second-order valence-corrected chi connectivity index (χ2v) is 8.83. The maximum atomic E-state index is 11.1. The highest BCUT2D eigenvalue weighted by Gasteiger charge is 2.24. The van der Waals surface area contributed by atoms with Crippen molar-refractivity contribution >= 4 is 57.6 Å². The predicted molar refractivity (Wildman–Crippen MR) is 134 cm³/mol. The highest BCUT2D eigenvalue weighted by molar-refractivity contribution is 7.80. The van der Waals surface area contributed by atoms with E-state index in [-0.39, 0.29) is 5.91 Å². The van der Waals surface area contributed by atoms with E-state index in [1.807, 2.05) is 36.4 Å². The molecule has 0 atom stereocenters. The van der Waals surface area contributed by atoms with Crippen LogP contribution in [-0.4, -0.2) is 17.6 Å². The van der Waals surface area contributed by atoms with Gasteiger partial charge in [0.1, 0.15) is 0 Å². The van der Waals surface area contributed by atoms with E-state index in [0.717, 1.165) is 40.7 Å². The summed E-state index contributed by atoms with van der Waals surface area (Å²) in [5.74, 6) is -0.0984. The molecule has 0 saturated carbocycles. The first-order chi connectivity index (χ1) is 15.0. The molecule has 1 aliphatic carbocycles. The highest BCUT2D eigenvalue weighted by atomic mass is 35.5. The SMILES string of the molecule is CC(=O)Nc1ccc(NC(=S)Nc2ccc(N3CCCC4=C3CCCC4)c(Cl)c2)cc1. The number of thiocarbonyl (C=S) groups is 1. The van der Waals surface area contributed by atoms with Gasteiger partial charge in [-0.3, -0.25) is 4.79 Å². The van der Waals surface area contributed by atoms with Crippen LogP contribution in [0.1, 0.15) is 45.4 Å². The Morgan fingerprint density at radius 1 is 0.903 bits per heavy atom. The Bertz CT molecular complexity index is 1010. The van der Waals surface area contributed by atoms with Crippen molar-refractivity contribution in [1.29, 1.82) is 0 Å². The molecule has 4 rings (SSSR count). The van der Waals surface area contributed by atoms with Crippen molar-refractivity contribution in [2.24, 2.45) is 0 Å². The average Bonchev–Trinajstić information content (AvgIpc) is 2.75. The first-order valence-corrected chi connectivity index (χ1v) is 11.5. The van der Waals surface area contributed by atoms with E-state index >= 15 is 0 Å². The third-order valence-corrected chi connectivity index (χ3v) is 6.20. The van der Waals surface area contributed by atoms with Crippen molar-refractivity contribution in [3.63, 3.8) is 0 Å². The van der Waals surface area contributed by atoms with Gasteiger partial charge >= 0.3 is 0 Å². The molecule has 162 valence electrons. The molecule has 1 amide bonds. The maximum Gasteiger partial charge on any atom is 0.221 e. The second kappa shape index (κ2) is 9.71. The Hall–Kier alpha value is -2.57. The van der Waals surface area contributed by atoms with Gasteiger partial charge in [0.2, 0.25) is 5.91 Å². The fourth-order valence-corrected chi connectivity index (χ4v) is 4.85. The van der Waals surface area contributed by atoms with Gasteiger partial charge in [0.05, 0.1) is 10.7 Å². The number of hydrogen-bond acceptors (Lipinski definition) is 3. The summed E-state index contributed by atoms with van der Waals surface area (Å²) in [6.07, 6.45) is 7.37. The van der Waals surface area contributed by atoms with Crippen LogP contribution in [0.15, 0.2) is 53.7 Å². The van der Waals surface area contributed by atoms with Crippen LogP contribution in [0.3, 0.4) is 0 Å². The molecule has 0 radical (unpaired) electrons. The van der Waals surface area contributed by atoms with Crippen molar-refractivity contribution in [2.75, 3.05) is 27.4 Å². The van der Waals surface area contributed by atoms with E-state index in [2.05, 4.69) is 26.9 Å². The summed E-state index contributed by atoms with van der Waals surface area (Å²) >= 11 is 12.1. The summed E-state index contributed by atoms with van der Waals surface area (Å²) in [6, 6.07) is 13.4. The number of carbonyl (C=O) groups is 1. The van der Waals surface area contributed by atoms with Gasteiger partial charge in [-0.2, -0.15) is 0 Å². The van der Waals surface area contributed by atoms with Gasteiger partial charge in [0.15, 0.2) is 5.11 Å². The minimum Gasteiger partial charge on any atom is -0.344 e. The van der Waals surface area contributed by atoms with Crippen molar-refractivity contribution in [3.8, 4) is 0 Å². The minimum absolute atomic E-state index is 0.0984. The number of nitrogens with one attached hydrogen (secondary N) is 3. The van der Waals surface area contributed by atoms with E-state index in [1.165, 1.54) is 44.7 Å². The third kappa shape index (κ3) is 5.38. The molecule has 2 aliphatic rings. The van der Waals surface area contributed by atoms with Crippen molar-refractivity contribution in [3.05, 3.63) is 58.8 Å². The van der Waals surface area contributed by atoms with Gasteiger partial charge < -0.3 is 20.9 Å². The predicted octanol–water partition coefficient (Wildman–Crippen LogP) is 6.54. The van der Waals surface area contributed by atoms with Gasteiger partial charge in [-0.1, -0.05) is 17.2 Å². The number of hydrogen-bond donors (Lipinski definition) is 3. The molecule has 2 aromatic rings. The molecule has 31 heavy (non-hydrogen) atoms. The van der Waals surface area contributed by atoms with E-state index in [0.29, 0.717) is 5.11 Å². The standard InChI is InChI=1S/C24H27ClN4OS/c1-16(30)26-18-8-10-19(11-9-18)27-24(31)28-20-12-13-23(21(25)15-20)29-14-4-6-17-5-2-3-7-22(17)29/h8-13,15H,2-7,14H2,1H3,(H,26,30)(H2,27,28,31). The van der Waals surface area contributed by atoms with Crippen LogP contribution in [-0.2, 0) is 4.79 Å². The lowest BCUT2D eigenvalue weighted by atomic mass is 9.89. The summed E-state index contributed by atoms with van der Waals surface area (Å²) in [4.78, 5) is 13.5. The van der Waals surface area contributed by atoms with Gasteiger partial charge in [-0.25, -0.2) is 0 Å². The third-order valence-electron chi connectivity index (χ3n) is 5.70. The summed E-state index contributed by atoms with van der Waals surface area (Å²) < 4.78 is 0. The zero-order valence-corrected chi connectivity index (χ0v) is 19.2. The van der Waals surface area contributed by atoms with E-state index in [4.69, 9.17) is 23.8 Å². The quantitative estimate of drug-likeness (QED) is 0.458. The van der Waals surface area contributed by atoms with Gasteiger partial charge in [-0.05, 0) is 93.2 Å². The molecule has 0 fully saturated rings. The molecule has 2 aromatic carbocycles. The Labute approximate surface area is 193 Å². The van der Waals surface area contributed by atoms with E-state index in [9.17, 15) is 4.79 Å². The zero-order valence-electron chi connectivity index (χ0n) is 17.6. The Balaban J connectivity index is 1.41. The Kier molecular flexibility index (Phi) is 6.78. The molecular formula is C24H27ClN4OS. The molecule has 1 heterocycles. The maximum absolute atomic E-state index is 11.1. The highest BCUT2D eigenvalue weighted by Crippen LogP contribution is 2.39. The largest absolute Gasteiger partial charge is 0.344 e. The number of rotatable bonds is 4. The number of carbonyl (C=O) groups excluding carboxylic acids is 1. The Morgan fingerprint density at radius 2 is 1.52 bits per heavy atom. The van der Waals surface area contributed by atoms with Crippen molar-refractivity contribution < 1.29 is 4.79 Å². The minimum atomic E-state index is -0.0984.